The molecule has 1 fully saturated rings. The number of rotatable bonds is 10. The van der Waals surface area contributed by atoms with Crippen LogP contribution in [0.2, 0.25) is 0 Å². The second-order valence-electron chi connectivity index (χ2n) is 11.9. The molecule has 3 aromatic rings. The Labute approximate surface area is 235 Å². The minimum Gasteiger partial charge on any atom is -0.444 e. The number of para-hydroxylation sites is 1. The van der Waals surface area contributed by atoms with Gasteiger partial charge in [0.15, 0.2) is 0 Å². The summed E-state index contributed by atoms with van der Waals surface area (Å²) in [5.41, 5.74) is 2.19. The Bertz CT molecular complexity index is 1240. The van der Waals surface area contributed by atoms with Crippen molar-refractivity contribution < 1.29 is 22.7 Å². The summed E-state index contributed by atoms with van der Waals surface area (Å²) in [6.45, 7) is 9.96. The molecular formula is C32H42F3N3O2. The first kappa shape index (κ1) is 30.0. The number of alkyl carbamates (subject to hydrolysis) is 1. The molecular weight excluding hydrogens is 515 g/mol. The van der Waals surface area contributed by atoms with Crippen molar-refractivity contribution in [1.82, 2.24) is 14.8 Å². The smallest absolute Gasteiger partial charge is 0.416 e. The fourth-order valence-corrected chi connectivity index (χ4v) is 5.50. The molecule has 2 heterocycles. The van der Waals surface area contributed by atoms with Crippen molar-refractivity contribution in [3.8, 4) is 0 Å². The first-order chi connectivity index (χ1) is 19.0. The average Bonchev–Trinajstić information content (AvgIpc) is 3.25. The van der Waals surface area contributed by atoms with E-state index in [9.17, 15) is 18.0 Å². The van der Waals surface area contributed by atoms with Gasteiger partial charge in [0, 0.05) is 30.2 Å². The second kappa shape index (κ2) is 13.1. The van der Waals surface area contributed by atoms with Crippen LogP contribution in [-0.2, 0) is 17.5 Å². The van der Waals surface area contributed by atoms with E-state index in [4.69, 9.17) is 4.74 Å². The lowest BCUT2D eigenvalue weighted by Gasteiger charge is -2.32. The molecule has 40 heavy (non-hydrogen) atoms. The molecule has 0 saturated carbocycles. The van der Waals surface area contributed by atoms with Gasteiger partial charge in [-0.2, -0.15) is 13.2 Å². The van der Waals surface area contributed by atoms with E-state index in [0.29, 0.717) is 19.0 Å². The number of hydrogen-bond donors (Lipinski definition) is 1. The van der Waals surface area contributed by atoms with E-state index in [1.54, 1.807) is 12.1 Å². The summed E-state index contributed by atoms with van der Waals surface area (Å²) in [5, 5.41) is 3.99. The van der Waals surface area contributed by atoms with Crippen LogP contribution in [0.3, 0.4) is 0 Å². The number of likely N-dealkylation sites (tertiary alicyclic amines) is 1. The summed E-state index contributed by atoms with van der Waals surface area (Å²) >= 11 is 0. The van der Waals surface area contributed by atoms with E-state index < -0.39 is 17.3 Å². The molecule has 0 radical (unpaired) electrons. The van der Waals surface area contributed by atoms with Crippen LogP contribution in [0, 0.1) is 0 Å². The van der Waals surface area contributed by atoms with Crippen molar-refractivity contribution in [2.75, 3.05) is 26.2 Å². The maximum atomic E-state index is 13.0. The predicted molar refractivity (Wildman–Crippen MR) is 154 cm³/mol. The van der Waals surface area contributed by atoms with E-state index >= 15 is 0 Å². The third-order valence-electron chi connectivity index (χ3n) is 7.54. The van der Waals surface area contributed by atoms with Crippen LogP contribution < -0.4 is 5.32 Å². The molecule has 1 aromatic heterocycles. The summed E-state index contributed by atoms with van der Waals surface area (Å²) in [4.78, 5) is 14.3. The first-order valence-corrected chi connectivity index (χ1v) is 14.4. The van der Waals surface area contributed by atoms with E-state index in [-0.39, 0.29) is 6.09 Å². The fraction of sp³-hybridized carbons (Fsp3) is 0.531. The Kier molecular flexibility index (Phi) is 9.82. The SMILES string of the molecule is CC(C)(C)OC(=O)NCCCCCCN1CCC(c2cc3ccccc3n2Cc2ccc(C(F)(F)F)cc2)CC1. The van der Waals surface area contributed by atoms with Crippen LogP contribution >= 0.6 is 0 Å². The molecule has 2 aromatic carbocycles. The van der Waals surface area contributed by atoms with Gasteiger partial charge in [-0.1, -0.05) is 43.2 Å². The second-order valence-corrected chi connectivity index (χ2v) is 11.9. The molecule has 0 bridgehead atoms. The van der Waals surface area contributed by atoms with Gasteiger partial charge in [-0.25, -0.2) is 4.79 Å². The van der Waals surface area contributed by atoms with E-state index in [1.165, 1.54) is 23.2 Å². The highest BCUT2D eigenvalue weighted by molar-refractivity contribution is 5.81. The number of hydrogen-bond acceptors (Lipinski definition) is 3. The first-order valence-electron chi connectivity index (χ1n) is 14.4. The lowest BCUT2D eigenvalue weighted by atomic mass is 9.93. The zero-order valence-electron chi connectivity index (χ0n) is 23.9. The van der Waals surface area contributed by atoms with E-state index in [1.807, 2.05) is 32.9 Å². The highest BCUT2D eigenvalue weighted by Crippen LogP contribution is 2.34. The van der Waals surface area contributed by atoms with Crippen molar-refractivity contribution >= 4 is 17.0 Å². The van der Waals surface area contributed by atoms with E-state index in [0.717, 1.165) is 69.2 Å². The van der Waals surface area contributed by atoms with Crippen molar-refractivity contribution in [1.29, 1.82) is 0 Å². The molecule has 0 aliphatic carbocycles. The van der Waals surface area contributed by atoms with Crippen LogP contribution in [0.15, 0.2) is 54.6 Å². The molecule has 1 amide bonds. The number of nitrogens with zero attached hydrogens (tertiary/aromatic N) is 2. The van der Waals surface area contributed by atoms with Crippen LogP contribution in [0.4, 0.5) is 18.0 Å². The Morgan fingerprint density at radius 1 is 0.950 bits per heavy atom. The van der Waals surface area contributed by atoms with Crippen molar-refractivity contribution in [2.24, 2.45) is 0 Å². The van der Waals surface area contributed by atoms with Gasteiger partial charge in [0.05, 0.1) is 5.56 Å². The maximum Gasteiger partial charge on any atom is 0.416 e. The number of unbranched alkanes of at least 4 members (excludes halogenated alkanes) is 3. The number of halogens is 3. The predicted octanol–water partition coefficient (Wildman–Crippen LogP) is 7.97. The van der Waals surface area contributed by atoms with Crippen molar-refractivity contribution in [2.45, 2.75) is 83.5 Å². The molecule has 1 aliphatic heterocycles. The van der Waals surface area contributed by atoms with Crippen LogP contribution in [0.1, 0.15) is 82.0 Å². The van der Waals surface area contributed by atoms with Gasteiger partial charge >= 0.3 is 12.3 Å². The summed E-state index contributed by atoms with van der Waals surface area (Å²) in [6.07, 6.45) is 1.78. The standard InChI is InChI=1S/C32H42F3N3O2/c1-31(2,3)40-30(39)36-18-8-4-5-9-19-37-20-16-25(17-21-37)29-22-26-10-6-7-11-28(26)38(29)23-24-12-14-27(15-13-24)32(33,34)35/h6-7,10-15,22,25H,4-5,8-9,16-21,23H2,1-3H3,(H,36,39). The number of amides is 1. The van der Waals surface area contributed by atoms with Crippen molar-refractivity contribution in [3.05, 3.63) is 71.4 Å². The number of carbonyl (C=O) groups excluding carboxylic acids is 1. The van der Waals surface area contributed by atoms with E-state index in [2.05, 4.69) is 33.0 Å². The van der Waals surface area contributed by atoms with Gasteiger partial charge in [0.1, 0.15) is 5.60 Å². The molecule has 5 nitrogen and oxygen atoms in total. The highest BCUT2D eigenvalue weighted by Gasteiger charge is 2.30. The summed E-state index contributed by atoms with van der Waals surface area (Å²) in [5.74, 6) is 0.428. The molecule has 0 unspecified atom stereocenters. The normalized spacial score (nSPS) is 15.4. The van der Waals surface area contributed by atoms with Gasteiger partial charge in [0.2, 0.25) is 0 Å². The van der Waals surface area contributed by atoms with Crippen LogP contribution in [0.5, 0.6) is 0 Å². The summed E-state index contributed by atoms with van der Waals surface area (Å²) < 4.78 is 46.7. The molecule has 0 spiro atoms. The Balaban J connectivity index is 1.25. The van der Waals surface area contributed by atoms with Gasteiger partial charge in [-0.3, -0.25) is 0 Å². The number of ether oxygens (including phenoxy) is 1. The maximum absolute atomic E-state index is 13.0. The minimum atomic E-state index is -4.32. The molecule has 1 saturated heterocycles. The van der Waals surface area contributed by atoms with Gasteiger partial charge in [-0.15, -0.1) is 0 Å². The lowest BCUT2D eigenvalue weighted by molar-refractivity contribution is -0.137. The lowest BCUT2D eigenvalue weighted by Crippen LogP contribution is -2.34. The highest BCUT2D eigenvalue weighted by atomic mass is 19.4. The Hall–Kier alpha value is -3.00. The Morgan fingerprint density at radius 3 is 2.30 bits per heavy atom. The monoisotopic (exact) mass is 557 g/mol. The number of benzene rings is 2. The molecule has 8 heteroatoms. The van der Waals surface area contributed by atoms with Gasteiger partial charge in [0.25, 0.3) is 0 Å². The minimum absolute atomic E-state index is 0.353. The average molecular weight is 558 g/mol. The zero-order chi connectivity index (χ0) is 28.8. The third-order valence-corrected chi connectivity index (χ3v) is 7.54. The number of aromatic nitrogens is 1. The molecule has 1 N–H and O–H groups in total. The topological polar surface area (TPSA) is 46.5 Å². The van der Waals surface area contributed by atoms with Crippen molar-refractivity contribution in [3.63, 3.8) is 0 Å². The van der Waals surface area contributed by atoms with Gasteiger partial charge < -0.3 is 19.5 Å². The molecule has 1 aliphatic rings. The zero-order valence-corrected chi connectivity index (χ0v) is 23.9. The molecule has 4 rings (SSSR count). The Morgan fingerprint density at radius 2 is 1.62 bits per heavy atom. The number of piperidine rings is 1. The van der Waals surface area contributed by atoms with Gasteiger partial charge in [-0.05, 0) is 101 Å². The largest absolute Gasteiger partial charge is 0.444 e. The summed E-state index contributed by atoms with van der Waals surface area (Å²) in [7, 11) is 0. The molecule has 218 valence electrons. The van der Waals surface area contributed by atoms with Crippen LogP contribution in [0.25, 0.3) is 10.9 Å². The fourth-order valence-electron chi connectivity index (χ4n) is 5.50. The quantitative estimate of drug-likeness (QED) is 0.257. The van der Waals surface area contributed by atoms with Crippen LogP contribution in [-0.4, -0.2) is 47.3 Å². The summed E-state index contributed by atoms with van der Waals surface area (Å²) in [6, 6.07) is 16.1. The number of alkyl halides is 3. The number of fused-ring (bicyclic) bond motifs is 1. The number of nitrogens with one attached hydrogen (secondary N) is 1. The third kappa shape index (κ3) is 8.50. The molecule has 0 atom stereocenters. The number of carbonyl (C=O) groups is 1.